The molecular formula is C14H22FIN4O. The van der Waals surface area contributed by atoms with E-state index in [-0.39, 0.29) is 35.6 Å². The van der Waals surface area contributed by atoms with Gasteiger partial charge in [0.2, 0.25) is 0 Å². The largest absolute Gasteiger partial charge is 0.370 e. The number of nitrogens with zero attached hydrogens (tertiary/aromatic N) is 1. The molecule has 1 aromatic carbocycles. The van der Waals surface area contributed by atoms with Gasteiger partial charge in [0.15, 0.2) is 5.96 Å². The van der Waals surface area contributed by atoms with Crippen molar-refractivity contribution < 1.29 is 9.18 Å². The van der Waals surface area contributed by atoms with Crippen LogP contribution in [0.2, 0.25) is 0 Å². The van der Waals surface area contributed by atoms with Gasteiger partial charge in [-0.25, -0.2) is 4.39 Å². The molecule has 0 aliphatic rings. The fourth-order valence-electron chi connectivity index (χ4n) is 1.49. The lowest BCUT2D eigenvalue weighted by Gasteiger charge is -2.11. The summed E-state index contributed by atoms with van der Waals surface area (Å²) in [5, 5.41) is 5.61. The molecule has 21 heavy (non-hydrogen) atoms. The number of hydrogen-bond donors (Lipinski definition) is 3. The topological polar surface area (TPSA) is 79.5 Å². The predicted molar refractivity (Wildman–Crippen MR) is 93.5 cm³/mol. The van der Waals surface area contributed by atoms with E-state index in [1.165, 1.54) is 18.2 Å². The average Bonchev–Trinajstić information content (AvgIpc) is 2.43. The number of rotatable bonds is 6. The summed E-state index contributed by atoms with van der Waals surface area (Å²) < 4.78 is 13.3. The van der Waals surface area contributed by atoms with Crippen molar-refractivity contribution in [3.63, 3.8) is 0 Å². The number of halogens is 2. The first-order valence-electron chi connectivity index (χ1n) is 6.63. The third kappa shape index (κ3) is 7.26. The highest BCUT2D eigenvalue weighted by molar-refractivity contribution is 14.0. The van der Waals surface area contributed by atoms with Gasteiger partial charge in [0.1, 0.15) is 5.82 Å². The van der Waals surface area contributed by atoms with E-state index in [9.17, 15) is 9.18 Å². The maximum absolute atomic E-state index is 13.3. The number of amides is 1. The smallest absolute Gasteiger partial charge is 0.254 e. The third-order valence-electron chi connectivity index (χ3n) is 2.80. The normalized spacial score (nSPS) is 12.2. The number of benzene rings is 1. The summed E-state index contributed by atoms with van der Waals surface area (Å²) in [6.45, 7) is 4.69. The lowest BCUT2D eigenvalue weighted by atomic mass is 10.2. The van der Waals surface area contributed by atoms with Gasteiger partial charge in [0.25, 0.3) is 5.91 Å². The van der Waals surface area contributed by atoms with Crippen molar-refractivity contribution in [3.8, 4) is 0 Å². The van der Waals surface area contributed by atoms with Gasteiger partial charge in [-0.1, -0.05) is 19.1 Å². The minimum Gasteiger partial charge on any atom is -0.370 e. The number of carbonyl (C=O) groups is 1. The van der Waals surface area contributed by atoms with E-state index in [0.29, 0.717) is 19.0 Å². The zero-order chi connectivity index (χ0) is 15.0. The highest BCUT2D eigenvalue weighted by Gasteiger charge is 2.09. The Labute approximate surface area is 141 Å². The second-order valence-corrected chi connectivity index (χ2v) is 4.46. The molecule has 0 saturated carbocycles. The Kier molecular flexibility index (Phi) is 9.68. The van der Waals surface area contributed by atoms with Gasteiger partial charge in [-0.2, -0.15) is 0 Å². The summed E-state index contributed by atoms with van der Waals surface area (Å²) in [6.07, 6.45) is 0.945. The first-order chi connectivity index (χ1) is 9.54. The van der Waals surface area contributed by atoms with Gasteiger partial charge in [-0.05, 0) is 25.5 Å². The molecule has 5 nitrogen and oxygen atoms in total. The molecule has 0 aliphatic heterocycles. The fourth-order valence-corrected chi connectivity index (χ4v) is 1.49. The zero-order valence-electron chi connectivity index (χ0n) is 12.2. The summed E-state index contributed by atoms with van der Waals surface area (Å²) in [6, 6.07) is 6.10. The van der Waals surface area contributed by atoms with Crippen molar-refractivity contribution >= 4 is 35.8 Å². The molecule has 0 heterocycles. The molecule has 118 valence electrons. The van der Waals surface area contributed by atoms with E-state index < -0.39 is 11.7 Å². The Morgan fingerprint density at radius 1 is 1.43 bits per heavy atom. The lowest BCUT2D eigenvalue weighted by molar-refractivity contribution is 0.0951. The SMILES string of the molecule is CCC(C)NC(N)=NCCNC(=O)c1ccccc1F.I. The van der Waals surface area contributed by atoms with Crippen molar-refractivity contribution in [2.45, 2.75) is 26.3 Å². The third-order valence-corrected chi connectivity index (χ3v) is 2.80. The molecule has 1 amide bonds. The summed E-state index contributed by atoms with van der Waals surface area (Å²) in [4.78, 5) is 15.8. The van der Waals surface area contributed by atoms with E-state index in [4.69, 9.17) is 5.73 Å². The molecule has 0 spiro atoms. The number of nitrogens with one attached hydrogen (secondary N) is 2. The van der Waals surface area contributed by atoms with Gasteiger partial charge >= 0.3 is 0 Å². The summed E-state index contributed by atoms with van der Waals surface area (Å²) >= 11 is 0. The minimum atomic E-state index is -0.536. The molecule has 7 heteroatoms. The molecule has 0 bridgehead atoms. The van der Waals surface area contributed by atoms with Gasteiger partial charge in [0, 0.05) is 12.6 Å². The van der Waals surface area contributed by atoms with E-state index in [0.717, 1.165) is 6.42 Å². The van der Waals surface area contributed by atoms with Crippen LogP contribution >= 0.6 is 24.0 Å². The van der Waals surface area contributed by atoms with Crippen LogP contribution in [-0.4, -0.2) is 31.0 Å². The van der Waals surface area contributed by atoms with Crippen LogP contribution in [0.5, 0.6) is 0 Å². The molecule has 1 rings (SSSR count). The minimum absolute atomic E-state index is 0. The van der Waals surface area contributed by atoms with Crippen LogP contribution in [0.3, 0.4) is 0 Å². The standard InChI is InChI=1S/C14H21FN4O.HI/c1-3-10(2)19-14(16)18-9-8-17-13(20)11-6-4-5-7-12(11)15;/h4-7,10H,3,8-9H2,1-2H3,(H,17,20)(H3,16,18,19);1H. The highest BCUT2D eigenvalue weighted by Crippen LogP contribution is 2.05. The Balaban J connectivity index is 0.00000400. The van der Waals surface area contributed by atoms with Crippen molar-refractivity contribution in [1.29, 1.82) is 0 Å². The molecule has 1 unspecified atom stereocenters. The predicted octanol–water partition coefficient (Wildman–Crippen LogP) is 1.88. The van der Waals surface area contributed by atoms with Crippen LogP contribution in [0.1, 0.15) is 30.6 Å². The van der Waals surface area contributed by atoms with Crippen molar-refractivity contribution in [2.24, 2.45) is 10.7 Å². The molecule has 0 saturated heterocycles. The summed E-state index contributed by atoms with van der Waals surface area (Å²) in [5.41, 5.74) is 5.70. The fraction of sp³-hybridized carbons (Fsp3) is 0.429. The molecule has 0 fully saturated rings. The van der Waals surface area contributed by atoms with Gasteiger partial charge in [-0.15, -0.1) is 24.0 Å². The monoisotopic (exact) mass is 408 g/mol. The second kappa shape index (κ2) is 10.4. The maximum Gasteiger partial charge on any atom is 0.254 e. The van der Waals surface area contributed by atoms with Gasteiger partial charge in [0.05, 0.1) is 12.1 Å². The van der Waals surface area contributed by atoms with Crippen LogP contribution in [0, 0.1) is 5.82 Å². The lowest BCUT2D eigenvalue weighted by Crippen LogP contribution is -2.38. The zero-order valence-corrected chi connectivity index (χ0v) is 14.6. The highest BCUT2D eigenvalue weighted by atomic mass is 127. The molecule has 1 atom stereocenters. The molecule has 1 aromatic rings. The average molecular weight is 408 g/mol. The van der Waals surface area contributed by atoms with Crippen LogP contribution < -0.4 is 16.4 Å². The second-order valence-electron chi connectivity index (χ2n) is 4.46. The van der Waals surface area contributed by atoms with Gasteiger partial charge < -0.3 is 16.4 Å². The van der Waals surface area contributed by atoms with Crippen LogP contribution in [0.4, 0.5) is 4.39 Å². The van der Waals surface area contributed by atoms with E-state index >= 15 is 0 Å². The van der Waals surface area contributed by atoms with E-state index in [1.807, 2.05) is 13.8 Å². The molecular weight excluding hydrogens is 386 g/mol. The summed E-state index contributed by atoms with van der Waals surface area (Å²) in [5.74, 6) is -0.641. The number of carbonyl (C=O) groups excluding carboxylic acids is 1. The van der Waals surface area contributed by atoms with Crippen molar-refractivity contribution in [1.82, 2.24) is 10.6 Å². The number of nitrogens with two attached hydrogens (primary N) is 1. The Morgan fingerprint density at radius 2 is 2.10 bits per heavy atom. The maximum atomic E-state index is 13.3. The molecule has 4 N–H and O–H groups in total. The number of hydrogen-bond acceptors (Lipinski definition) is 2. The van der Waals surface area contributed by atoms with Crippen molar-refractivity contribution in [3.05, 3.63) is 35.6 Å². The first-order valence-corrected chi connectivity index (χ1v) is 6.63. The number of aliphatic imine (C=N–C) groups is 1. The van der Waals surface area contributed by atoms with E-state index in [1.54, 1.807) is 6.07 Å². The Hall–Kier alpha value is -1.38. The van der Waals surface area contributed by atoms with Crippen LogP contribution in [-0.2, 0) is 0 Å². The summed E-state index contributed by atoms with van der Waals surface area (Å²) in [7, 11) is 0. The van der Waals surface area contributed by atoms with Crippen LogP contribution in [0.25, 0.3) is 0 Å². The molecule has 0 aromatic heterocycles. The van der Waals surface area contributed by atoms with E-state index in [2.05, 4.69) is 15.6 Å². The Morgan fingerprint density at radius 3 is 2.71 bits per heavy atom. The van der Waals surface area contributed by atoms with Gasteiger partial charge in [-0.3, -0.25) is 9.79 Å². The molecule has 0 radical (unpaired) electrons. The van der Waals surface area contributed by atoms with Crippen LogP contribution in [0.15, 0.2) is 29.3 Å². The quantitative estimate of drug-likeness (QED) is 0.291. The number of guanidine groups is 1. The first kappa shape index (κ1) is 19.6. The van der Waals surface area contributed by atoms with Crippen molar-refractivity contribution in [2.75, 3.05) is 13.1 Å². The Bertz CT molecular complexity index is 482. The molecule has 0 aliphatic carbocycles.